The minimum Gasteiger partial charge on any atom is -0.379 e. The van der Waals surface area contributed by atoms with Crippen molar-refractivity contribution in [2.75, 3.05) is 13.7 Å². The van der Waals surface area contributed by atoms with Gasteiger partial charge in [-0.15, -0.1) is 0 Å². The highest BCUT2D eigenvalue weighted by molar-refractivity contribution is 5.98. The van der Waals surface area contributed by atoms with Gasteiger partial charge in [0.05, 0.1) is 6.10 Å². The number of carbonyl (C=O) groups excluding carboxylic acids is 2. The number of carbonyl (C=O) groups is 2. The van der Waals surface area contributed by atoms with Gasteiger partial charge in [0.1, 0.15) is 12.1 Å². The van der Waals surface area contributed by atoms with E-state index in [4.69, 9.17) is 4.74 Å². The van der Waals surface area contributed by atoms with Gasteiger partial charge in [0.25, 0.3) is 0 Å². The molecular weight excluding hydrogens is 304 g/mol. The lowest BCUT2D eigenvalue weighted by Crippen LogP contribution is -2.65. The average molecular weight is 330 g/mol. The number of amides is 2. The topological polar surface area (TPSA) is 49.9 Å². The zero-order chi connectivity index (χ0) is 17.1. The number of benzene rings is 1. The molecule has 0 spiro atoms. The van der Waals surface area contributed by atoms with Crippen LogP contribution in [0.2, 0.25) is 0 Å². The minimum atomic E-state index is -0.475. The maximum absolute atomic E-state index is 13.2. The number of piperazine rings is 1. The van der Waals surface area contributed by atoms with Crippen LogP contribution < -0.4 is 0 Å². The van der Waals surface area contributed by atoms with Crippen LogP contribution in [0.3, 0.4) is 0 Å². The summed E-state index contributed by atoms with van der Waals surface area (Å²) in [4.78, 5) is 29.7. The van der Waals surface area contributed by atoms with Crippen molar-refractivity contribution < 1.29 is 14.3 Å². The molecule has 0 aromatic heterocycles. The molecule has 4 rings (SSSR count). The lowest BCUT2D eigenvalue weighted by Gasteiger charge is -2.43. The first kappa shape index (κ1) is 17.0. The Bertz CT molecular complexity index is 590. The van der Waals surface area contributed by atoms with E-state index in [1.54, 1.807) is 16.9 Å². The molecule has 0 saturated carbocycles. The zero-order valence-corrected chi connectivity index (χ0v) is 14.5. The molecule has 3 aliphatic heterocycles. The van der Waals surface area contributed by atoms with Crippen molar-refractivity contribution in [3.8, 4) is 0 Å². The number of rotatable bonds is 6. The van der Waals surface area contributed by atoms with Crippen molar-refractivity contribution >= 4 is 11.8 Å². The maximum Gasteiger partial charge on any atom is 0.249 e. The molecule has 5 heteroatoms. The van der Waals surface area contributed by atoms with E-state index in [2.05, 4.69) is 6.92 Å². The summed E-state index contributed by atoms with van der Waals surface area (Å²) >= 11 is 0. The molecule has 0 N–H and O–H groups in total. The van der Waals surface area contributed by atoms with Gasteiger partial charge in [0, 0.05) is 20.2 Å². The van der Waals surface area contributed by atoms with Crippen molar-refractivity contribution in [2.24, 2.45) is 0 Å². The van der Waals surface area contributed by atoms with Gasteiger partial charge in [-0.3, -0.25) is 9.59 Å². The number of fused-ring (bicyclic) bond motifs is 4. The van der Waals surface area contributed by atoms with Crippen molar-refractivity contribution in [3.05, 3.63) is 35.9 Å². The maximum atomic E-state index is 13.2. The molecule has 24 heavy (non-hydrogen) atoms. The van der Waals surface area contributed by atoms with Crippen LogP contribution in [0.4, 0.5) is 0 Å². The summed E-state index contributed by atoms with van der Waals surface area (Å²) in [6.07, 6.45) is 3.13. The number of hydrogen-bond acceptors (Lipinski definition) is 3. The normalized spacial score (nSPS) is 26.8. The molecule has 0 radical (unpaired) electrons. The van der Waals surface area contributed by atoms with E-state index in [-0.39, 0.29) is 24.0 Å². The van der Waals surface area contributed by atoms with Gasteiger partial charge in [-0.25, -0.2) is 0 Å². The van der Waals surface area contributed by atoms with Crippen LogP contribution in [0.5, 0.6) is 0 Å². The predicted molar refractivity (Wildman–Crippen MR) is 91.2 cm³/mol. The summed E-state index contributed by atoms with van der Waals surface area (Å²) in [7, 11) is 1.64. The molecule has 0 aliphatic carbocycles. The highest BCUT2D eigenvalue weighted by atomic mass is 16.5. The number of unbranched alkanes of at least 4 members (excludes halogenated alkanes) is 1. The molecule has 3 saturated heterocycles. The molecule has 3 atom stereocenters. The van der Waals surface area contributed by atoms with Crippen LogP contribution in [0.1, 0.15) is 38.2 Å². The Hall–Kier alpha value is -1.88. The molecule has 0 unspecified atom stereocenters. The third-order valence-corrected chi connectivity index (χ3v) is 5.14. The molecule has 2 amide bonds. The van der Waals surface area contributed by atoms with Crippen LogP contribution in [0, 0.1) is 0 Å². The summed E-state index contributed by atoms with van der Waals surface area (Å²) in [5, 5.41) is 0. The monoisotopic (exact) mass is 330 g/mol. The number of nitrogens with zero attached hydrogens (tertiary/aromatic N) is 2. The molecular formula is C19H26N2O3. The Balaban J connectivity index is 1.89. The second-order valence-electron chi connectivity index (χ2n) is 6.65. The average Bonchev–Trinajstić information content (AvgIpc) is 2.82. The van der Waals surface area contributed by atoms with Gasteiger partial charge in [0.15, 0.2) is 0 Å². The number of ether oxygens (including phenoxy) is 1. The fraction of sp³-hybridized carbons (Fsp3) is 0.579. The van der Waals surface area contributed by atoms with Gasteiger partial charge in [-0.05, 0) is 24.8 Å². The van der Waals surface area contributed by atoms with E-state index in [1.807, 2.05) is 30.3 Å². The van der Waals surface area contributed by atoms with E-state index in [0.29, 0.717) is 19.5 Å². The van der Waals surface area contributed by atoms with E-state index < -0.39 is 6.04 Å². The van der Waals surface area contributed by atoms with E-state index in [0.717, 1.165) is 24.8 Å². The standard InChI is InChI=1S/C19H26N2O3/c1-3-4-12-20-17-16(24-2)11-10-15(18(20)22)21(19(17)23)13-14-8-6-5-7-9-14/h5-9,15-17H,3-4,10-13H2,1-2H3/t15-,16+,17-/m0/s1. The van der Waals surface area contributed by atoms with Gasteiger partial charge in [0.2, 0.25) is 11.8 Å². The zero-order valence-electron chi connectivity index (χ0n) is 14.5. The highest BCUT2D eigenvalue weighted by Gasteiger charge is 2.51. The van der Waals surface area contributed by atoms with Crippen LogP contribution in [-0.2, 0) is 20.9 Å². The third-order valence-electron chi connectivity index (χ3n) is 5.14. The van der Waals surface area contributed by atoms with Crippen LogP contribution in [0.15, 0.2) is 30.3 Å². The molecule has 3 aliphatic rings. The predicted octanol–water partition coefficient (Wildman–Crippen LogP) is 2.20. The summed E-state index contributed by atoms with van der Waals surface area (Å²) in [5.74, 6) is 0.118. The van der Waals surface area contributed by atoms with Crippen LogP contribution in [0.25, 0.3) is 0 Å². The van der Waals surface area contributed by atoms with E-state index in [9.17, 15) is 9.59 Å². The molecule has 1 aromatic carbocycles. The second-order valence-corrected chi connectivity index (χ2v) is 6.65. The van der Waals surface area contributed by atoms with Gasteiger partial charge < -0.3 is 14.5 Å². The Morgan fingerprint density at radius 2 is 1.83 bits per heavy atom. The van der Waals surface area contributed by atoms with Crippen molar-refractivity contribution in [2.45, 2.75) is 57.3 Å². The van der Waals surface area contributed by atoms with Crippen molar-refractivity contribution in [3.63, 3.8) is 0 Å². The molecule has 3 heterocycles. The summed E-state index contributed by atoms with van der Waals surface area (Å²) in [5.41, 5.74) is 1.06. The van der Waals surface area contributed by atoms with Crippen LogP contribution in [-0.4, -0.2) is 53.5 Å². The number of hydrogen-bond donors (Lipinski definition) is 0. The fourth-order valence-electron chi connectivity index (χ4n) is 3.83. The summed E-state index contributed by atoms with van der Waals surface area (Å²) in [6, 6.07) is 9.05. The molecule has 1 aromatic rings. The largest absolute Gasteiger partial charge is 0.379 e. The Morgan fingerprint density at radius 3 is 2.50 bits per heavy atom. The summed E-state index contributed by atoms with van der Waals surface area (Å²) < 4.78 is 5.59. The Morgan fingerprint density at radius 1 is 1.08 bits per heavy atom. The SMILES string of the molecule is CCCCN1C(=O)[C@@H]2CC[C@@H](OC)[C@H]1C(=O)N2Cc1ccccc1. The Labute approximate surface area is 143 Å². The number of methoxy groups -OCH3 is 1. The Kier molecular flexibility index (Phi) is 5.19. The van der Waals surface area contributed by atoms with Gasteiger partial charge >= 0.3 is 0 Å². The van der Waals surface area contributed by atoms with Crippen LogP contribution >= 0.6 is 0 Å². The van der Waals surface area contributed by atoms with Crippen molar-refractivity contribution in [1.29, 1.82) is 0 Å². The smallest absolute Gasteiger partial charge is 0.249 e. The minimum absolute atomic E-state index is 0.0314. The first-order valence-electron chi connectivity index (χ1n) is 8.85. The molecule has 3 fully saturated rings. The fourth-order valence-corrected chi connectivity index (χ4v) is 3.83. The third kappa shape index (κ3) is 3.05. The summed E-state index contributed by atoms with van der Waals surface area (Å²) in [6.45, 7) is 3.23. The van der Waals surface area contributed by atoms with Crippen molar-refractivity contribution in [1.82, 2.24) is 9.80 Å². The lowest BCUT2D eigenvalue weighted by atomic mass is 10.0. The van der Waals surface area contributed by atoms with Gasteiger partial charge in [-0.2, -0.15) is 0 Å². The first-order chi connectivity index (χ1) is 11.7. The molecule has 2 bridgehead atoms. The van der Waals surface area contributed by atoms with E-state index in [1.165, 1.54) is 0 Å². The second kappa shape index (κ2) is 7.34. The highest BCUT2D eigenvalue weighted by Crippen LogP contribution is 2.32. The van der Waals surface area contributed by atoms with E-state index >= 15 is 0 Å². The quantitative estimate of drug-likeness (QED) is 0.803. The first-order valence-corrected chi connectivity index (χ1v) is 8.85. The van der Waals surface area contributed by atoms with Gasteiger partial charge in [-0.1, -0.05) is 43.7 Å². The lowest BCUT2D eigenvalue weighted by molar-refractivity contribution is -0.164. The molecule has 5 nitrogen and oxygen atoms in total. The molecule has 130 valence electrons.